The van der Waals surface area contributed by atoms with E-state index in [4.69, 9.17) is 16.7 Å². The Morgan fingerprint density at radius 3 is 3.00 bits per heavy atom. The van der Waals surface area contributed by atoms with E-state index in [1.807, 2.05) is 0 Å². The van der Waals surface area contributed by atoms with Crippen LogP contribution in [0.5, 0.6) is 0 Å². The average Bonchev–Trinajstić information content (AvgIpc) is 2.30. The van der Waals surface area contributed by atoms with Crippen LogP contribution >= 0.6 is 23.4 Å². The highest BCUT2D eigenvalue weighted by Crippen LogP contribution is 2.36. The zero-order chi connectivity index (χ0) is 11.5. The Hall–Kier alpha value is -0.810. The Morgan fingerprint density at radius 1 is 1.56 bits per heavy atom. The summed E-state index contributed by atoms with van der Waals surface area (Å²) in [5.74, 6) is 0.569. The van der Waals surface area contributed by atoms with Crippen molar-refractivity contribution in [2.24, 2.45) is 0 Å². The molecule has 6 heteroatoms. The molecule has 0 amide bonds. The number of aromatic carboxylic acids is 1. The summed E-state index contributed by atoms with van der Waals surface area (Å²) in [6.07, 6.45) is 4.74. The predicted octanol–water partition coefficient (Wildman–Crippen LogP) is 2.79. The second kappa shape index (κ2) is 5.01. The van der Waals surface area contributed by atoms with Gasteiger partial charge in [0, 0.05) is 0 Å². The van der Waals surface area contributed by atoms with E-state index in [0.717, 1.165) is 18.6 Å². The van der Waals surface area contributed by atoms with E-state index >= 15 is 0 Å². The molecule has 1 atom stereocenters. The minimum absolute atomic E-state index is 0.0945. The minimum atomic E-state index is -1.10. The Labute approximate surface area is 102 Å². The van der Waals surface area contributed by atoms with Crippen LogP contribution in [0.1, 0.15) is 40.8 Å². The van der Waals surface area contributed by atoms with E-state index in [2.05, 4.69) is 9.97 Å². The maximum absolute atomic E-state index is 10.9. The number of nitrogens with zero attached hydrogens (tertiary/aromatic N) is 2. The second-order valence-electron chi connectivity index (χ2n) is 3.59. The van der Waals surface area contributed by atoms with Crippen molar-refractivity contribution in [2.75, 3.05) is 5.75 Å². The molecule has 1 aromatic heterocycles. The molecule has 4 nitrogen and oxygen atoms in total. The number of thioether (sulfide) groups is 1. The zero-order valence-electron chi connectivity index (χ0n) is 8.52. The van der Waals surface area contributed by atoms with Gasteiger partial charge in [-0.3, -0.25) is 0 Å². The average molecular weight is 259 g/mol. The Kier molecular flexibility index (Phi) is 3.66. The lowest BCUT2D eigenvalue weighted by atomic mass is 10.2. The summed E-state index contributed by atoms with van der Waals surface area (Å²) in [7, 11) is 0. The first-order valence-corrected chi connectivity index (χ1v) is 6.48. The van der Waals surface area contributed by atoms with Gasteiger partial charge in [-0.1, -0.05) is 18.0 Å². The fourth-order valence-electron chi connectivity index (χ4n) is 1.63. The van der Waals surface area contributed by atoms with Crippen LogP contribution in [0.15, 0.2) is 6.20 Å². The molecule has 1 N–H and O–H groups in total. The van der Waals surface area contributed by atoms with E-state index in [0.29, 0.717) is 5.82 Å². The third-order valence-corrected chi connectivity index (χ3v) is 4.08. The summed E-state index contributed by atoms with van der Waals surface area (Å²) in [6.45, 7) is 0. The van der Waals surface area contributed by atoms with Crippen LogP contribution in [0.3, 0.4) is 0 Å². The monoisotopic (exact) mass is 258 g/mol. The smallest absolute Gasteiger partial charge is 0.356 e. The molecule has 0 aromatic carbocycles. The lowest BCUT2D eigenvalue weighted by molar-refractivity contribution is 0.0690. The second-order valence-corrected chi connectivity index (χ2v) is 5.30. The SMILES string of the molecule is O=C(O)c1nc(C2CCCCS2)ncc1Cl. The van der Waals surface area contributed by atoms with Gasteiger partial charge in [-0.15, -0.1) is 0 Å². The summed E-state index contributed by atoms with van der Waals surface area (Å²) < 4.78 is 0. The number of carboxylic acids is 1. The van der Waals surface area contributed by atoms with Gasteiger partial charge in [-0.05, 0) is 18.6 Å². The highest BCUT2D eigenvalue weighted by atomic mass is 35.5. The number of halogens is 1. The first-order chi connectivity index (χ1) is 7.68. The fraction of sp³-hybridized carbons (Fsp3) is 0.500. The first kappa shape index (κ1) is 11.7. The predicted molar refractivity (Wildman–Crippen MR) is 63.1 cm³/mol. The lowest BCUT2D eigenvalue weighted by Crippen LogP contribution is -2.10. The van der Waals surface area contributed by atoms with Crippen molar-refractivity contribution >= 4 is 29.3 Å². The highest BCUT2D eigenvalue weighted by Gasteiger charge is 2.21. The molecule has 2 heterocycles. The molecule has 1 aliphatic heterocycles. The van der Waals surface area contributed by atoms with E-state index in [-0.39, 0.29) is 16.0 Å². The van der Waals surface area contributed by atoms with Crippen LogP contribution in [0, 0.1) is 0 Å². The van der Waals surface area contributed by atoms with Crippen molar-refractivity contribution in [3.05, 3.63) is 22.7 Å². The zero-order valence-corrected chi connectivity index (χ0v) is 10.1. The van der Waals surface area contributed by atoms with Crippen molar-refractivity contribution in [3.63, 3.8) is 0 Å². The topological polar surface area (TPSA) is 63.1 Å². The van der Waals surface area contributed by atoms with Gasteiger partial charge in [-0.2, -0.15) is 11.8 Å². The minimum Gasteiger partial charge on any atom is -0.476 e. The summed E-state index contributed by atoms with van der Waals surface area (Å²) >= 11 is 7.50. The quantitative estimate of drug-likeness (QED) is 0.884. The molecule has 1 aliphatic rings. The number of aromatic nitrogens is 2. The van der Waals surface area contributed by atoms with Gasteiger partial charge in [-0.25, -0.2) is 14.8 Å². The van der Waals surface area contributed by atoms with Gasteiger partial charge in [0.1, 0.15) is 5.82 Å². The molecule has 2 rings (SSSR count). The Bertz CT molecular complexity index is 408. The van der Waals surface area contributed by atoms with Gasteiger partial charge in [0.2, 0.25) is 0 Å². The number of carbonyl (C=O) groups is 1. The van der Waals surface area contributed by atoms with E-state index in [9.17, 15) is 4.79 Å². The molecule has 86 valence electrons. The van der Waals surface area contributed by atoms with Crippen LogP contribution in [0.2, 0.25) is 5.02 Å². The third kappa shape index (κ3) is 2.47. The summed E-state index contributed by atoms with van der Waals surface area (Å²) in [4.78, 5) is 19.0. The molecular weight excluding hydrogens is 248 g/mol. The van der Waals surface area contributed by atoms with E-state index in [1.165, 1.54) is 12.6 Å². The number of hydrogen-bond acceptors (Lipinski definition) is 4. The van der Waals surface area contributed by atoms with E-state index in [1.54, 1.807) is 11.8 Å². The van der Waals surface area contributed by atoms with Crippen molar-refractivity contribution in [2.45, 2.75) is 24.5 Å². The number of rotatable bonds is 2. The van der Waals surface area contributed by atoms with Crippen molar-refractivity contribution in [1.29, 1.82) is 0 Å². The molecule has 0 radical (unpaired) electrons. The van der Waals surface area contributed by atoms with Gasteiger partial charge in [0.25, 0.3) is 0 Å². The molecule has 1 aromatic rings. The van der Waals surface area contributed by atoms with Gasteiger partial charge < -0.3 is 5.11 Å². The van der Waals surface area contributed by atoms with Crippen LogP contribution in [0.4, 0.5) is 0 Å². The maximum Gasteiger partial charge on any atom is 0.356 e. The summed E-state index contributed by atoms with van der Waals surface area (Å²) in [5.41, 5.74) is -0.0992. The number of hydrogen-bond donors (Lipinski definition) is 1. The standard InChI is InChI=1S/C10H11ClN2O2S/c11-6-5-12-9(13-8(6)10(14)15)7-3-1-2-4-16-7/h5,7H,1-4H2,(H,14,15). The summed E-state index contributed by atoms with van der Waals surface area (Å²) in [6, 6.07) is 0. The third-order valence-electron chi connectivity index (χ3n) is 2.43. The Balaban J connectivity index is 2.27. The molecule has 0 saturated carbocycles. The molecule has 1 saturated heterocycles. The van der Waals surface area contributed by atoms with Crippen LogP contribution in [-0.2, 0) is 0 Å². The van der Waals surface area contributed by atoms with Crippen molar-refractivity contribution < 1.29 is 9.90 Å². The highest BCUT2D eigenvalue weighted by molar-refractivity contribution is 7.99. The molecule has 1 fully saturated rings. The van der Waals surface area contributed by atoms with Gasteiger partial charge in [0.15, 0.2) is 5.69 Å². The molecule has 1 unspecified atom stereocenters. The maximum atomic E-state index is 10.9. The fourth-order valence-corrected chi connectivity index (χ4v) is 3.05. The van der Waals surface area contributed by atoms with Gasteiger partial charge in [0.05, 0.1) is 16.5 Å². The van der Waals surface area contributed by atoms with Crippen LogP contribution < -0.4 is 0 Å². The van der Waals surface area contributed by atoms with Crippen molar-refractivity contribution in [3.8, 4) is 0 Å². The van der Waals surface area contributed by atoms with Gasteiger partial charge >= 0.3 is 5.97 Å². The first-order valence-electron chi connectivity index (χ1n) is 5.06. The molecule has 0 bridgehead atoms. The van der Waals surface area contributed by atoms with Crippen LogP contribution in [-0.4, -0.2) is 26.8 Å². The van der Waals surface area contributed by atoms with Crippen LogP contribution in [0.25, 0.3) is 0 Å². The molecular formula is C10H11ClN2O2S. The molecule has 0 aliphatic carbocycles. The molecule has 0 spiro atoms. The van der Waals surface area contributed by atoms with E-state index < -0.39 is 5.97 Å². The Morgan fingerprint density at radius 2 is 2.38 bits per heavy atom. The van der Waals surface area contributed by atoms with Crippen molar-refractivity contribution in [1.82, 2.24) is 9.97 Å². The largest absolute Gasteiger partial charge is 0.476 e. The molecule has 16 heavy (non-hydrogen) atoms. The number of carboxylic acid groups (broad SMARTS) is 1. The normalized spacial score (nSPS) is 20.7. The summed E-state index contributed by atoms with van der Waals surface area (Å²) in [5, 5.41) is 9.21. The lowest BCUT2D eigenvalue weighted by Gasteiger charge is -2.19.